The van der Waals surface area contributed by atoms with E-state index < -0.39 is 10.0 Å². The van der Waals surface area contributed by atoms with Gasteiger partial charge in [0.15, 0.2) is 0 Å². The smallest absolute Gasteiger partial charge is 0.245 e. The van der Waals surface area contributed by atoms with Crippen molar-refractivity contribution >= 4 is 27.3 Å². The molecular formula is C14H16ClN3O2S. The van der Waals surface area contributed by atoms with Crippen LogP contribution in [0.4, 0.5) is 5.69 Å². The van der Waals surface area contributed by atoms with Gasteiger partial charge in [-0.2, -0.15) is 4.31 Å². The van der Waals surface area contributed by atoms with Crippen LogP contribution in [0.5, 0.6) is 0 Å². The molecule has 2 N–H and O–H groups in total. The normalized spacial score (nSPS) is 11.8. The number of hydrogen-bond acceptors (Lipinski definition) is 4. The third-order valence-electron chi connectivity index (χ3n) is 3.01. The first kappa shape index (κ1) is 15.8. The van der Waals surface area contributed by atoms with Crippen molar-refractivity contribution in [1.29, 1.82) is 0 Å². The third kappa shape index (κ3) is 3.53. The van der Waals surface area contributed by atoms with Crippen molar-refractivity contribution in [2.45, 2.75) is 18.4 Å². The zero-order valence-electron chi connectivity index (χ0n) is 11.5. The number of nitrogen functional groups attached to an aromatic ring is 1. The molecule has 0 atom stereocenters. The van der Waals surface area contributed by atoms with Gasteiger partial charge in [-0.05, 0) is 30.3 Å². The van der Waals surface area contributed by atoms with Crippen LogP contribution in [0.1, 0.15) is 12.6 Å². The van der Waals surface area contributed by atoms with Crippen LogP contribution in [0.3, 0.4) is 0 Å². The van der Waals surface area contributed by atoms with Crippen LogP contribution < -0.4 is 5.73 Å². The fourth-order valence-corrected chi connectivity index (χ4v) is 3.63. The van der Waals surface area contributed by atoms with Gasteiger partial charge in [-0.15, -0.1) is 0 Å². The molecule has 1 aromatic heterocycles. The molecule has 0 bridgehead atoms. The number of benzene rings is 1. The number of pyridine rings is 1. The summed E-state index contributed by atoms with van der Waals surface area (Å²) in [6.45, 7) is 2.29. The summed E-state index contributed by atoms with van der Waals surface area (Å²) in [5.74, 6) is 0. The summed E-state index contributed by atoms with van der Waals surface area (Å²) in [7, 11) is -3.69. The molecule has 0 aliphatic heterocycles. The van der Waals surface area contributed by atoms with Crippen LogP contribution >= 0.6 is 11.6 Å². The predicted molar refractivity (Wildman–Crippen MR) is 83.4 cm³/mol. The zero-order chi connectivity index (χ0) is 15.5. The summed E-state index contributed by atoms with van der Waals surface area (Å²) in [5.41, 5.74) is 6.60. The third-order valence-corrected chi connectivity index (χ3v) is 5.24. The van der Waals surface area contributed by atoms with E-state index in [4.69, 9.17) is 17.3 Å². The molecule has 1 aromatic carbocycles. The SMILES string of the molecule is CCN(Cc1ccccn1)S(=O)(=O)c1ccc(Cl)cc1N. The maximum atomic E-state index is 12.7. The van der Waals surface area contributed by atoms with Crippen LogP contribution in [-0.2, 0) is 16.6 Å². The summed E-state index contributed by atoms with van der Waals surface area (Å²) >= 11 is 5.81. The number of nitrogens with zero attached hydrogens (tertiary/aromatic N) is 2. The van der Waals surface area contributed by atoms with E-state index in [0.29, 0.717) is 17.3 Å². The Hall–Kier alpha value is -1.63. The maximum Gasteiger partial charge on any atom is 0.245 e. The molecule has 0 saturated heterocycles. The number of rotatable bonds is 5. The molecule has 0 fully saturated rings. The molecule has 5 nitrogen and oxygen atoms in total. The van der Waals surface area contributed by atoms with Crippen molar-refractivity contribution < 1.29 is 8.42 Å². The Morgan fingerprint density at radius 1 is 1.29 bits per heavy atom. The molecule has 21 heavy (non-hydrogen) atoms. The molecule has 112 valence electrons. The molecule has 2 aromatic rings. The second-order valence-corrected chi connectivity index (χ2v) is 6.78. The summed E-state index contributed by atoms with van der Waals surface area (Å²) in [5, 5.41) is 0.402. The lowest BCUT2D eigenvalue weighted by molar-refractivity contribution is 0.419. The van der Waals surface area contributed by atoms with Gasteiger partial charge in [0.2, 0.25) is 10.0 Å². The number of nitrogens with two attached hydrogens (primary N) is 1. The van der Waals surface area contributed by atoms with Crippen molar-refractivity contribution in [2.24, 2.45) is 0 Å². The number of sulfonamides is 1. The van der Waals surface area contributed by atoms with E-state index >= 15 is 0 Å². The topological polar surface area (TPSA) is 76.3 Å². The standard InChI is InChI=1S/C14H16ClN3O2S/c1-2-18(10-12-5-3-4-8-17-12)21(19,20)14-7-6-11(15)9-13(14)16/h3-9H,2,10,16H2,1H3. The molecule has 7 heteroatoms. The van der Waals surface area contributed by atoms with Gasteiger partial charge in [0.25, 0.3) is 0 Å². The molecule has 1 heterocycles. The minimum absolute atomic E-state index is 0.0599. The summed E-state index contributed by atoms with van der Waals surface area (Å²) in [6.07, 6.45) is 1.63. The van der Waals surface area contributed by atoms with E-state index in [9.17, 15) is 8.42 Å². The molecule has 0 spiro atoms. The van der Waals surface area contributed by atoms with Gasteiger partial charge in [0.05, 0.1) is 17.9 Å². The molecule has 0 aliphatic carbocycles. The van der Waals surface area contributed by atoms with Crippen LogP contribution in [-0.4, -0.2) is 24.3 Å². The molecule has 0 radical (unpaired) electrons. The van der Waals surface area contributed by atoms with Crippen molar-refractivity contribution in [1.82, 2.24) is 9.29 Å². The van der Waals surface area contributed by atoms with E-state index in [1.807, 2.05) is 6.07 Å². The first-order chi connectivity index (χ1) is 9.95. The minimum atomic E-state index is -3.69. The first-order valence-electron chi connectivity index (χ1n) is 6.40. The zero-order valence-corrected chi connectivity index (χ0v) is 13.1. The van der Waals surface area contributed by atoms with Gasteiger partial charge in [-0.3, -0.25) is 4.98 Å². The Morgan fingerprint density at radius 2 is 2.05 bits per heavy atom. The minimum Gasteiger partial charge on any atom is -0.398 e. The number of halogens is 1. The lowest BCUT2D eigenvalue weighted by atomic mass is 10.3. The predicted octanol–water partition coefficient (Wildman–Crippen LogP) is 2.53. The van der Waals surface area contributed by atoms with Gasteiger partial charge in [-0.25, -0.2) is 8.42 Å². The molecular weight excluding hydrogens is 310 g/mol. The van der Waals surface area contributed by atoms with Gasteiger partial charge in [-0.1, -0.05) is 24.6 Å². The van der Waals surface area contributed by atoms with E-state index in [1.54, 1.807) is 25.3 Å². The van der Waals surface area contributed by atoms with Crippen LogP contribution in [0.25, 0.3) is 0 Å². The lowest BCUT2D eigenvalue weighted by Crippen LogP contribution is -2.31. The van der Waals surface area contributed by atoms with Crippen LogP contribution in [0, 0.1) is 0 Å². The first-order valence-corrected chi connectivity index (χ1v) is 8.22. The molecule has 0 aliphatic rings. The Bertz CT molecular complexity index is 720. The van der Waals surface area contributed by atoms with E-state index in [0.717, 1.165) is 0 Å². The Labute approximate surface area is 129 Å². The summed E-state index contributed by atoms with van der Waals surface area (Å²) in [4.78, 5) is 4.21. The second kappa shape index (κ2) is 6.43. The van der Waals surface area contributed by atoms with Crippen molar-refractivity contribution in [2.75, 3.05) is 12.3 Å². The average Bonchev–Trinajstić information content (AvgIpc) is 2.45. The van der Waals surface area contributed by atoms with E-state index in [1.165, 1.54) is 22.5 Å². The number of aromatic nitrogens is 1. The summed E-state index contributed by atoms with van der Waals surface area (Å²) in [6, 6.07) is 9.75. The molecule has 0 saturated carbocycles. The van der Waals surface area contributed by atoms with Crippen molar-refractivity contribution in [3.63, 3.8) is 0 Å². The van der Waals surface area contributed by atoms with Crippen molar-refractivity contribution in [3.8, 4) is 0 Å². The highest BCUT2D eigenvalue weighted by atomic mass is 35.5. The highest BCUT2D eigenvalue weighted by Gasteiger charge is 2.25. The second-order valence-electron chi connectivity index (χ2n) is 4.43. The monoisotopic (exact) mass is 325 g/mol. The van der Waals surface area contributed by atoms with Crippen molar-refractivity contribution in [3.05, 3.63) is 53.3 Å². The van der Waals surface area contributed by atoms with Gasteiger partial charge >= 0.3 is 0 Å². The molecule has 0 amide bonds. The van der Waals surface area contributed by atoms with Gasteiger partial charge < -0.3 is 5.73 Å². The largest absolute Gasteiger partial charge is 0.398 e. The molecule has 0 unspecified atom stereocenters. The van der Waals surface area contributed by atoms with Gasteiger partial charge in [0, 0.05) is 17.8 Å². The average molecular weight is 326 g/mol. The Kier molecular flexibility index (Phi) is 4.82. The quantitative estimate of drug-likeness (QED) is 0.857. The van der Waals surface area contributed by atoms with Gasteiger partial charge in [0.1, 0.15) is 4.90 Å². The highest BCUT2D eigenvalue weighted by Crippen LogP contribution is 2.26. The van der Waals surface area contributed by atoms with Crippen LogP contribution in [0.2, 0.25) is 5.02 Å². The fraction of sp³-hybridized carbons (Fsp3) is 0.214. The van der Waals surface area contributed by atoms with E-state index in [2.05, 4.69) is 4.98 Å². The highest BCUT2D eigenvalue weighted by molar-refractivity contribution is 7.89. The maximum absolute atomic E-state index is 12.7. The Balaban J connectivity index is 2.36. The number of hydrogen-bond donors (Lipinski definition) is 1. The van der Waals surface area contributed by atoms with E-state index in [-0.39, 0.29) is 17.1 Å². The Morgan fingerprint density at radius 3 is 2.62 bits per heavy atom. The van der Waals surface area contributed by atoms with Crippen LogP contribution in [0.15, 0.2) is 47.5 Å². The fourth-order valence-electron chi connectivity index (χ4n) is 1.93. The lowest BCUT2D eigenvalue weighted by Gasteiger charge is -2.21. The summed E-state index contributed by atoms with van der Waals surface area (Å²) < 4.78 is 26.7. The number of anilines is 1. The molecule has 2 rings (SSSR count).